The van der Waals surface area contributed by atoms with E-state index in [-0.39, 0.29) is 5.41 Å². The first-order chi connectivity index (χ1) is 7.89. The van der Waals surface area contributed by atoms with E-state index in [0.29, 0.717) is 5.28 Å². The van der Waals surface area contributed by atoms with Crippen LogP contribution in [0.2, 0.25) is 5.28 Å². The van der Waals surface area contributed by atoms with Crippen LogP contribution in [0.5, 0.6) is 0 Å². The number of halogens is 2. The van der Waals surface area contributed by atoms with E-state index in [4.69, 9.17) is 11.6 Å². The van der Waals surface area contributed by atoms with Gasteiger partial charge in [0.05, 0.1) is 0 Å². The monoisotopic (exact) mass is 313 g/mol. The first-order valence-electron chi connectivity index (χ1n) is 5.27. The van der Waals surface area contributed by atoms with Crippen LogP contribution in [0.15, 0.2) is 28.7 Å². The van der Waals surface area contributed by atoms with Crippen molar-refractivity contribution in [2.24, 2.45) is 0 Å². The van der Waals surface area contributed by atoms with E-state index in [2.05, 4.69) is 46.9 Å². The lowest BCUT2D eigenvalue weighted by atomic mass is 9.95. The van der Waals surface area contributed by atoms with E-state index < -0.39 is 0 Å². The van der Waals surface area contributed by atoms with Gasteiger partial charge in [-0.3, -0.25) is 4.57 Å². The molecule has 0 atom stereocenters. The summed E-state index contributed by atoms with van der Waals surface area (Å²) >= 11 is 9.51. The van der Waals surface area contributed by atoms with E-state index in [1.807, 2.05) is 28.8 Å². The van der Waals surface area contributed by atoms with Gasteiger partial charge < -0.3 is 0 Å². The summed E-state index contributed by atoms with van der Waals surface area (Å²) in [5, 5.41) is 8.49. The van der Waals surface area contributed by atoms with Gasteiger partial charge in [-0.25, -0.2) is 0 Å². The van der Waals surface area contributed by atoms with E-state index >= 15 is 0 Å². The maximum Gasteiger partial charge on any atom is 0.229 e. The minimum absolute atomic E-state index is 0.104. The summed E-state index contributed by atoms with van der Waals surface area (Å²) in [6.07, 6.45) is 0. The fourth-order valence-electron chi connectivity index (χ4n) is 1.57. The minimum atomic E-state index is -0.104. The predicted octanol–water partition coefficient (Wildman–Crippen LogP) is 3.98. The van der Waals surface area contributed by atoms with Gasteiger partial charge in [0.2, 0.25) is 5.28 Å². The molecule has 0 unspecified atom stereocenters. The smallest absolute Gasteiger partial charge is 0.229 e. The van der Waals surface area contributed by atoms with Crippen LogP contribution in [-0.4, -0.2) is 14.8 Å². The lowest BCUT2D eigenvalue weighted by molar-refractivity contribution is 0.533. The Balaban J connectivity index is 2.59. The Morgan fingerprint density at radius 2 is 1.71 bits per heavy atom. The summed E-state index contributed by atoms with van der Waals surface area (Å²) in [6.45, 7) is 6.26. The number of hydrogen-bond donors (Lipinski definition) is 0. The molecule has 0 bridgehead atoms. The third kappa shape index (κ3) is 2.53. The lowest BCUT2D eigenvalue weighted by Gasteiger charge is -2.18. The van der Waals surface area contributed by atoms with Crippen LogP contribution in [0.1, 0.15) is 26.6 Å². The van der Waals surface area contributed by atoms with Gasteiger partial charge >= 0.3 is 0 Å². The molecule has 17 heavy (non-hydrogen) atoms. The third-order valence-corrected chi connectivity index (χ3v) is 3.15. The Morgan fingerprint density at radius 1 is 1.12 bits per heavy atom. The van der Waals surface area contributed by atoms with Gasteiger partial charge in [0, 0.05) is 15.6 Å². The van der Waals surface area contributed by atoms with Gasteiger partial charge in [0.25, 0.3) is 0 Å². The average Bonchev–Trinajstić information content (AvgIpc) is 2.61. The Kier molecular flexibility index (Phi) is 3.27. The summed E-state index contributed by atoms with van der Waals surface area (Å²) in [6, 6.07) is 7.90. The molecule has 0 saturated heterocycles. The lowest BCUT2D eigenvalue weighted by Crippen LogP contribution is -2.18. The van der Waals surface area contributed by atoms with E-state index in [1.54, 1.807) is 0 Å². The summed E-state index contributed by atoms with van der Waals surface area (Å²) in [4.78, 5) is 0. The van der Waals surface area contributed by atoms with Gasteiger partial charge in [-0.15, -0.1) is 10.2 Å². The highest BCUT2D eigenvalue weighted by molar-refractivity contribution is 9.10. The molecule has 0 fully saturated rings. The van der Waals surface area contributed by atoms with Crippen molar-refractivity contribution >= 4 is 27.5 Å². The number of rotatable bonds is 1. The van der Waals surface area contributed by atoms with Crippen LogP contribution >= 0.6 is 27.5 Å². The molecule has 5 heteroatoms. The molecule has 2 aromatic rings. The molecule has 0 amide bonds. The highest BCUT2D eigenvalue weighted by Crippen LogP contribution is 2.27. The summed E-state index contributed by atoms with van der Waals surface area (Å²) < 4.78 is 2.90. The Labute approximate surface area is 114 Å². The van der Waals surface area contributed by atoms with Crippen molar-refractivity contribution in [1.82, 2.24) is 14.8 Å². The van der Waals surface area contributed by atoms with Gasteiger partial charge in [-0.2, -0.15) is 0 Å². The molecule has 2 rings (SSSR count). The fourth-order valence-corrected chi connectivity index (χ4v) is 2.05. The molecule has 0 radical (unpaired) electrons. The largest absolute Gasteiger partial charge is 0.269 e. The van der Waals surface area contributed by atoms with Crippen molar-refractivity contribution in [2.45, 2.75) is 26.2 Å². The van der Waals surface area contributed by atoms with Crippen molar-refractivity contribution in [3.05, 3.63) is 39.8 Å². The molecular weight excluding hydrogens is 302 g/mol. The minimum Gasteiger partial charge on any atom is -0.269 e. The van der Waals surface area contributed by atoms with Gasteiger partial charge in [-0.1, -0.05) is 36.7 Å². The predicted molar refractivity (Wildman–Crippen MR) is 72.8 cm³/mol. The Bertz CT molecular complexity index is 526. The van der Waals surface area contributed by atoms with E-state index in [0.717, 1.165) is 16.0 Å². The van der Waals surface area contributed by atoms with Gasteiger partial charge in [0.1, 0.15) is 5.82 Å². The molecule has 0 N–H and O–H groups in total. The molecule has 0 aliphatic rings. The summed E-state index contributed by atoms with van der Waals surface area (Å²) in [5.41, 5.74) is 0.862. The number of benzene rings is 1. The molecule has 0 spiro atoms. The Hall–Kier alpha value is -0.870. The van der Waals surface area contributed by atoms with Crippen LogP contribution < -0.4 is 0 Å². The van der Waals surface area contributed by atoms with Crippen LogP contribution in [-0.2, 0) is 5.41 Å². The average molecular weight is 315 g/mol. The molecule has 1 heterocycles. The standard InChI is InChI=1S/C12H13BrClN3/c1-12(2,3)10-15-16-11(14)17(10)9-6-4-8(13)5-7-9/h4-7H,1-3H3. The van der Waals surface area contributed by atoms with Gasteiger partial charge in [-0.05, 0) is 35.9 Å². The van der Waals surface area contributed by atoms with Crippen LogP contribution in [0, 0.1) is 0 Å². The quantitative estimate of drug-likeness (QED) is 0.797. The SMILES string of the molecule is CC(C)(C)c1nnc(Cl)n1-c1ccc(Br)cc1. The number of nitrogens with zero attached hydrogens (tertiary/aromatic N) is 3. The van der Waals surface area contributed by atoms with Crippen LogP contribution in [0.4, 0.5) is 0 Å². The van der Waals surface area contributed by atoms with Crippen molar-refractivity contribution in [3.8, 4) is 5.69 Å². The molecular formula is C12H13BrClN3. The zero-order chi connectivity index (χ0) is 12.6. The van der Waals surface area contributed by atoms with Crippen molar-refractivity contribution in [1.29, 1.82) is 0 Å². The second-order valence-corrected chi connectivity index (χ2v) is 6.11. The first-order valence-corrected chi connectivity index (χ1v) is 6.44. The van der Waals surface area contributed by atoms with Gasteiger partial charge in [0.15, 0.2) is 0 Å². The molecule has 0 aliphatic carbocycles. The maximum absolute atomic E-state index is 6.10. The summed E-state index contributed by atoms with van der Waals surface area (Å²) in [5.74, 6) is 0.852. The third-order valence-electron chi connectivity index (χ3n) is 2.38. The van der Waals surface area contributed by atoms with E-state index in [1.165, 1.54) is 0 Å². The molecule has 3 nitrogen and oxygen atoms in total. The highest BCUT2D eigenvalue weighted by Gasteiger charge is 2.24. The molecule has 90 valence electrons. The van der Waals surface area contributed by atoms with Crippen molar-refractivity contribution in [2.75, 3.05) is 0 Å². The first kappa shape index (κ1) is 12.6. The molecule has 1 aromatic carbocycles. The van der Waals surface area contributed by atoms with Crippen molar-refractivity contribution < 1.29 is 0 Å². The molecule has 0 aliphatic heterocycles. The second kappa shape index (κ2) is 4.42. The molecule has 0 saturated carbocycles. The normalized spacial score (nSPS) is 11.8. The number of hydrogen-bond acceptors (Lipinski definition) is 2. The van der Waals surface area contributed by atoms with Crippen LogP contribution in [0.25, 0.3) is 5.69 Å². The second-order valence-electron chi connectivity index (χ2n) is 4.85. The zero-order valence-electron chi connectivity index (χ0n) is 9.91. The Morgan fingerprint density at radius 3 is 2.24 bits per heavy atom. The van der Waals surface area contributed by atoms with Crippen LogP contribution in [0.3, 0.4) is 0 Å². The van der Waals surface area contributed by atoms with Crippen molar-refractivity contribution in [3.63, 3.8) is 0 Å². The summed E-state index contributed by atoms with van der Waals surface area (Å²) in [7, 11) is 0. The topological polar surface area (TPSA) is 30.7 Å². The number of aromatic nitrogens is 3. The van der Waals surface area contributed by atoms with E-state index in [9.17, 15) is 0 Å². The zero-order valence-corrected chi connectivity index (χ0v) is 12.2. The molecule has 1 aromatic heterocycles. The fraction of sp³-hybridized carbons (Fsp3) is 0.333. The maximum atomic E-state index is 6.10. The highest BCUT2D eigenvalue weighted by atomic mass is 79.9.